The molecule has 1 aromatic heterocycles. The summed E-state index contributed by atoms with van der Waals surface area (Å²) in [6.07, 6.45) is 2.62. The monoisotopic (exact) mass is 528 g/mol. The summed E-state index contributed by atoms with van der Waals surface area (Å²) in [4.78, 5) is 42.1. The van der Waals surface area contributed by atoms with E-state index in [0.717, 1.165) is 24.3 Å². The first-order valence-corrected chi connectivity index (χ1v) is 13.5. The summed E-state index contributed by atoms with van der Waals surface area (Å²) in [6.45, 7) is 5.96. The average Bonchev–Trinajstić information content (AvgIpc) is 2.88. The number of carbonyl (C=O) groups is 3. The normalized spacial score (nSPS) is 23.6. The highest BCUT2D eigenvalue weighted by atomic mass is 32.2. The zero-order chi connectivity index (χ0) is 26.4. The van der Waals surface area contributed by atoms with Crippen LogP contribution in [0.15, 0.2) is 42.6 Å². The van der Waals surface area contributed by atoms with Gasteiger partial charge in [0.25, 0.3) is 0 Å². The van der Waals surface area contributed by atoms with Gasteiger partial charge in [-0.2, -0.15) is 0 Å². The summed E-state index contributed by atoms with van der Waals surface area (Å²) >= 11 is 1.30. The molecule has 0 saturated carbocycles. The minimum atomic E-state index is -0.998. The fraction of sp³-hybridized carbons (Fsp3) is 0.481. The van der Waals surface area contributed by atoms with Crippen LogP contribution in [0, 0.1) is 0 Å². The van der Waals surface area contributed by atoms with Gasteiger partial charge in [0.15, 0.2) is 23.7 Å². The summed E-state index contributed by atoms with van der Waals surface area (Å²) in [5.74, 6) is -0.902. The maximum atomic E-state index is 11.8. The van der Waals surface area contributed by atoms with Crippen molar-refractivity contribution in [1.29, 1.82) is 0 Å². The van der Waals surface area contributed by atoms with Crippen LogP contribution in [0.3, 0.4) is 0 Å². The van der Waals surface area contributed by atoms with Gasteiger partial charge >= 0.3 is 17.9 Å². The lowest BCUT2D eigenvalue weighted by molar-refractivity contribution is -0.186. The van der Waals surface area contributed by atoms with E-state index in [-0.39, 0.29) is 0 Å². The number of aromatic nitrogens is 1. The lowest BCUT2D eigenvalue weighted by Crippen LogP contribution is -2.55. The van der Waals surface area contributed by atoms with Crippen LogP contribution >= 0.6 is 11.8 Å². The van der Waals surface area contributed by atoms with Crippen LogP contribution in [0.5, 0.6) is 5.75 Å². The van der Waals surface area contributed by atoms with Crippen molar-refractivity contribution in [3.63, 3.8) is 0 Å². The standard InChI is InChI=1S/C27H32N2O7S/c1-17(30)33-24-16-37-27(26(35-19(3)32)25(24)34-18(2)31)36-22-11-12-23(28-15-22)20-7-9-21(10-8-20)29-13-5-4-6-14-29/h7-12,15,24-27H,4-6,13-14,16H2,1-3H3/t24-,25+,26-,27-/m1/s1. The third-order valence-electron chi connectivity index (χ3n) is 6.18. The largest absolute Gasteiger partial charge is 0.474 e. The van der Waals surface area contributed by atoms with E-state index in [0.29, 0.717) is 11.5 Å². The summed E-state index contributed by atoms with van der Waals surface area (Å²) in [5.41, 5.74) is 2.33. The highest BCUT2D eigenvalue weighted by Crippen LogP contribution is 2.34. The SMILES string of the molecule is CC(=O)O[C@@H]1[C@@H](OC(C)=O)[C@H](OC(C)=O)CS[C@H]1Oc1ccc(-c2ccc(N3CCCCC3)cc2)nc1. The van der Waals surface area contributed by atoms with Crippen molar-refractivity contribution in [2.24, 2.45) is 0 Å². The number of thioether (sulfide) groups is 1. The number of ether oxygens (including phenoxy) is 4. The molecule has 0 bridgehead atoms. The predicted molar refractivity (Wildman–Crippen MR) is 139 cm³/mol. The van der Waals surface area contributed by atoms with Crippen LogP contribution in [0.4, 0.5) is 5.69 Å². The van der Waals surface area contributed by atoms with Crippen molar-refractivity contribution >= 4 is 35.4 Å². The smallest absolute Gasteiger partial charge is 0.303 e. The van der Waals surface area contributed by atoms with Gasteiger partial charge in [0.2, 0.25) is 0 Å². The van der Waals surface area contributed by atoms with Gasteiger partial charge in [-0.05, 0) is 43.5 Å². The molecule has 1 aromatic carbocycles. The summed E-state index contributed by atoms with van der Waals surface area (Å²) in [7, 11) is 0. The molecule has 4 rings (SSSR count). The van der Waals surface area contributed by atoms with E-state index in [2.05, 4.69) is 34.1 Å². The maximum Gasteiger partial charge on any atom is 0.303 e. The molecule has 9 nitrogen and oxygen atoms in total. The molecular formula is C27H32N2O7S. The molecular weight excluding hydrogens is 496 g/mol. The highest BCUT2D eigenvalue weighted by Gasteiger charge is 2.47. The van der Waals surface area contributed by atoms with E-state index in [1.807, 2.05) is 6.07 Å². The Kier molecular flexibility index (Phi) is 8.91. The molecule has 0 N–H and O–H groups in total. The second kappa shape index (κ2) is 12.3. The number of rotatable bonds is 7. The van der Waals surface area contributed by atoms with Crippen molar-refractivity contribution in [2.75, 3.05) is 23.7 Å². The Labute approximate surface area is 220 Å². The van der Waals surface area contributed by atoms with Gasteiger partial charge in [0.05, 0.1) is 11.9 Å². The first kappa shape index (κ1) is 26.8. The number of pyridine rings is 1. The molecule has 10 heteroatoms. The molecule has 0 amide bonds. The molecule has 2 aliphatic rings. The first-order valence-electron chi connectivity index (χ1n) is 12.4. The molecule has 37 heavy (non-hydrogen) atoms. The molecule has 4 atom stereocenters. The zero-order valence-electron chi connectivity index (χ0n) is 21.3. The summed E-state index contributed by atoms with van der Waals surface area (Å²) in [5, 5.41) is 0. The van der Waals surface area contributed by atoms with E-state index in [9.17, 15) is 14.4 Å². The first-order chi connectivity index (χ1) is 17.8. The molecule has 0 aliphatic carbocycles. The number of hydrogen-bond donors (Lipinski definition) is 0. The lowest BCUT2D eigenvalue weighted by atomic mass is 10.1. The Balaban J connectivity index is 1.46. The number of piperidine rings is 1. The van der Waals surface area contributed by atoms with Gasteiger partial charge in [-0.1, -0.05) is 12.1 Å². The number of hydrogen-bond acceptors (Lipinski definition) is 10. The number of nitrogens with zero attached hydrogens (tertiary/aromatic N) is 2. The molecule has 0 radical (unpaired) electrons. The molecule has 2 saturated heterocycles. The zero-order valence-corrected chi connectivity index (χ0v) is 22.1. The molecule has 3 heterocycles. The van der Waals surface area contributed by atoms with Gasteiger partial charge < -0.3 is 23.8 Å². The Hall–Kier alpha value is -3.27. The molecule has 0 spiro atoms. The molecule has 198 valence electrons. The fourth-order valence-electron chi connectivity index (χ4n) is 4.56. The number of benzene rings is 1. The minimum absolute atomic E-state index is 0.300. The number of carbonyl (C=O) groups excluding carboxylic acids is 3. The number of anilines is 1. The fourth-order valence-corrected chi connectivity index (χ4v) is 5.78. The second-order valence-corrected chi connectivity index (χ2v) is 10.2. The minimum Gasteiger partial charge on any atom is -0.474 e. The van der Waals surface area contributed by atoms with Crippen molar-refractivity contribution in [3.8, 4) is 17.0 Å². The predicted octanol–water partition coefficient (Wildman–Crippen LogP) is 3.99. The van der Waals surface area contributed by atoms with Gasteiger partial charge in [0, 0.05) is 50.9 Å². The van der Waals surface area contributed by atoms with Crippen LogP contribution in [0.2, 0.25) is 0 Å². The second-order valence-electron chi connectivity index (χ2n) is 9.09. The van der Waals surface area contributed by atoms with Gasteiger partial charge in [-0.25, -0.2) is 0 Å². The van der Waals surface area contributed by atoms with E-state index < -0.39 is 41.7 Å². The van der Waals surface area contributed by atoms with Gasteiger partial charge in [-0.3, -0.25) is 19.4 Å². The van der Waals surface area contributed by atoms with Gasteiger partial charge in [-0.15, -0.1) is 11.8 Å². The van der Waals surface area contributed by atoms with E-state index >= 15 is 0 Å². The molecule has 2 aromatic rings. The highest BCUT2D eigenvalue weighted by molar-refractivity contribution is 7.99. The van der Waals surface area contributed by atoms with Crippen molar-refractivity contribution in [1.82, 2.24) is 4.98 Å². The van der Waals surface area contributed by atoms with Crippen molar-refractivity contribution < 1.29 is 33.3 Å². The molecule has 0 unspecified atom stereocenters. The summed E-state index contributed by atoms with van der Waals surface area (Å²) < 4.78 is 22.3. The molecule has 2 fully saturated rings. The Morgan fingerprint density at radius 2 is 1.49 bits per heavy atom. The summed E-state index contributed by atoms with van der Waals surface area (Å²) in [6, 6.07) is 12.1. The van der Waals surface area contributed by atoms with Crippen LogP contribution in [0.1, 0.15) is 40.0 Å². The quantitative estimate of drug-likeness (QED) is 0.387. The Morgan fingerprint density at radius 3 is 2.08 bits per heavy atom. The third-order valence-corrected chi connectivity index (χ3v) is 7.39. The van der Waals surface area contributed by atoms with E-state index in [1.54, 1.807) is 12.3 Å². The Bertz CT molecular complexity index is 1090. The topological polar surface area (TPSA) is 104 Å². The molecule has 2 aliphatic heterocycles. The van der Waals surface area contributed by atoms with Crippen LogP contribution in [-0.2, 0) is 28.6 Å². The van der Waals surface area contributed by atoms with Crippen LogP contribution < -0.4 is 9.64 Å². The van der Waals surface area contributed by atoms with Crippen LogP contribution in [0.25, 0.3) is 11.3 Å². The Morgan fingerprint density at radius 1 is 0.838 bits per heavy atom. The van der Waals surface area contributed by atoms with Crippen molar-refractivity contribution in [3.05, 3.63) is 42.6 Å². The van der Waals surface area contributed by atoms with Crippen LogP contribution in [-0.4, -0.2) is 65.5 Å². The van der Waals surface area contributed by atoms with E-state index in [1.165, 1.54) is 57.5 Å². The van der Waals surface area contributed by atoms with E-state index in [4.69, 9.17) is 18.9 Å². The number of esters is 3. The third kappa shape index (κ3) is 7.15. The van der Waals surface area contributed by atoms with Gasteiger partial charge in [0.1, 0.15) is 5.75 Å². The van der Waals surface area contributed by atoms with Crippen molar-refractivity contribution in [2.45, 2.75) is 63.8 Å². The lowest BCUT2D eigenvalue weighted by Gasteiger charge is -2.39. The average molecular weight is 529 g/mol. The maximum absolute atomic E-state index is 11.8.